The maximum atomic E-state index is 12.9. The first-order valence-electron chi connectivity index (χ1n) is 10.1. The molecule has 5 nitrogen and oxygen atoms in total. The molecule has 1 aromatic heterocycles. The van der Waals surface area contributed by atoms with Crippen LogP contribution in [0.5, 0.6) is 0 Å². The van der Waals surface area contributed by atoms with Crippen LogP contribution in [-0.4, -0.2) is 28.8 Å². The van der Waals surface area contributed by atoms with Gasteiger partial charge in [0, 0.05) is 11.3 Å². The molecule has 2 N–H and O–H groups in total. The van der Waals surface area contributed by atoms with Crippen LogP contribution in [0, 0.1) is 17.8 Å². The summed E-state index contributed by atoms with van der Waals surface area (Å²) in [6.07, 6.45) is 0. The van der Waals surface area contributed by atoms with E-state index in [4.69, 9.17) is 5.10 Å². The van der Waals surface area contributed by atoms with Gasteiger partial charge in [0.05, 0.1) is 23.3 Å². The molecule has 2 fully saturated rings. The molecule has 5 heteroatoms. The Morgan fingerprint density at radius 1 is 1.11 bits per heavy atom. The first-order chi connectivity index (χ1) is 13.5. The zero-order chi connectivity index (χ0) is 19.3. The Hall–Kier alpha value is -2.66. The van der Waals surface area contributed by atoms with Gasteiger partial charge in [0.25, 0.3) is 0 Å². The maximum Gasteiger partial charge on any atom is 0.224 e. The fourth-order valence-electron chi connectivity index (χ4n) is 4.72. The first kappa shape index (κ1) is 17.4. The number of para-hydroxylation sites is 1. The molecule has 1 saturated heterocycles. The van der Waals surface area contributed by atoms with Gasteiger partial charge in [-0.3, -0.25) is 9.48 Å². The number of nitrogens with zero attached hydrogens (tertiary/aromatic N) is 2. The van der Waals surface area contributed by atoms with Gasteiger partial charge in [-0.05, 0) is 50.4 Å². The number of rotatable bonds is 5. The molecule has 3 atom stereocenters. The van der Waals surface area contributed by atoms with E-state index in [9.17, 15) is 4.79 Å². The molecule has 2 heterocycles. The van der Waals surface area contributed by atoms with Crippen LogP contribution in [0.15, 0.2) is 54.6 Å². The third kappa shape index (κ3) is 2.90. The molecule has 3 aromatic rings. The summed E-state index contributed by atoms with van der Waals surface area (Å²) in [5, 5.41) is 12.7. The number of aromatic nitrogens is 2. The van der Waals surface area contributed by atoms with Crippen LogP contribution in [0.4, 0.5) is 0 Å². The maximum absolute atomic E-state index is 12.9. The lowest BCUT2D eigenvalue weighted by molar-refractivity contribution is -0.124. The van der Waals surface area contributed by atoms with E-state index < -0.39 is 5.54 Å². The molecule has 5 rings (SSSR count). The van der Waals surface area contributed by atoms with Gasteiger partial charge < -0.3 is 10.6 Å². The van der Waals surface area contributed by atoms with Crippen molar-refractivity contribution in [2.24, 2.45) is 17.8 Å². The van der Waals surface area contributed by atoms with E-state index in [2.05, 4.69) is 48.7 Å². The number of carbonyl (C=O) groups is 1. The van der Waals surface area contributed by atoms with Crippen molar-refractivity contribution in [2.45, 2.75) is 25.9 Å². The Morgan fingerprint density at radius 3 is 2.54 bits per heavy atom. The second kappa shape index (κ2) is 6.45. The van der Waals surface area contributed by atoms with Crippen molar-refractivity contribution in [3.63, 3.8) is 0 Å². The molecule has 1 amide bonds. The largest absolute Gasteiger partial charge is 0.345 e. The van der Waals surface area contributed by atoms with Gasteiger partial charge >= 0.3 is 0 Å². The molecule has 0 bridgehead atoms. The number of hydrogen-bond donors (Lipinski definition) is 2. The van der Waals surface area contributed by atoms with Gasteiger partial charge in [-0.2, -0.15) is 5.10 Å². The summed E-state index contributed by atoms with van der Waals surface area (Å²) < 4.78 is 2.05. The number of carbonyl (C=O) groups excluding carboxylic acids is 1. The number of benzene rings is 2. The molecule has 0 radical (unpaired) electrons. The predicted molar refractivity (Wildman–Crippen MR) is 110 cm³/mol. The highest BCUT2D eigenvalue weighted by molar-refractivity contribution is 5.86. The van der Waals surface area contributed by atoms with Crippen LogP contribution in [0.3, 0.4) is 0 Å². The van der Waals surface area contributed by atoms with E-state index in [0.717, 1.165) is 29.7 Å². The fraction of sp³-hybridized carbons (Fsp3) is 0.391. The highest BCUT2D eigenvalue weighted by atomic mass is 16.2. The number of hydrogen-bond acceptors (Lipinski definition) is 3. The summed E-state index contributed by atoms with van der Waals surface area (Å²) in [7, 11) is 0. The summed E-state index contributed by atoms with van der Waals surface area (Å²) in [5.74, 6) is 1.37. The smallest absolute Gasteiger partial charge is 0.224 e. The van der Waals surface area contributed by atoms with E-state index >= 15 is 0 Å². The zero-order valence-electron chi connectivity index (χ0n) is 16.4. The van der Waals surface area contributed by atoms with Crippen molar-refractivity contribution in [2.75, 3.05) is 13.1 Å². The lowest BCUT2D eigenvalue weighted by Crippen LogP contribution is -2.43. The molecule has 0 spiro atoms. The van der Waals surface area contributed by atoms with Gasteiger partial charge in [-0.1, -0.05) is 48.5 Å². The monoisotopic (exact) mass is 374 g/mol. The third-order valence-electron chi connectivity index (χ3n) is 6.26. The minimum atomic E-state index is -0.525. The van der Waals surface area contributed by atoms with E-state index in [1.54, 1.807) is 0 Å². The highest BCUT2D eigenvalue weighted by Crippen LogP contribution is 2.49. The average molecular weight is 374 g/mol. The molecule has 2 aliphatic rings. The predicted octanol–water partition coefficient (Wildman–Crippen LogP) is 2.90. The minimum Gasteiger partial charge on any atom is -0.345 e. The summed E-state index contributed by atoms with van der Waals surface area (Å²) in [6, 6.07) is 18.6. The molecular formula is C23H26N4O. The van der Waals surface area contributed by atoms with Crippen molar-refractivity contribution in [3.8, 4) is 0 Å². The van der Waals surface area contributed by atoms with Crippen molar-refractivity contribution in [3.05, 3.63) is 65.9 Å². The van der Waals surface area contributed by atoms with Gasteiger partial charge in [-0.15, -0.1) is 0 Å². The van der Waals surface area contributed by atoms with Crippen molar-refractivity contribution in [1.29, 1.82) is 0 Å². The molecule has 2 aromatic carbocycles. The lowest BCUT2D eigenvalue weighted by atomic mass is 9.96. The van der Waals surface area contributed by atoms with Gasteiger partial charge in [0.15, 0.2) is 0 Å². The molecule has 28 heavy (non-hydrogen) atoms. The van der Waals surface area contributed by atoms with E-state index in [-0.39, 0.29) is 11.8 Å². The van der Waals surface area contributed by atoms with Crippen LogP contribution in [0.2, 0.25) is 0 Å². The number of nitrogens with one attached hydrogen (secondary N) is 2. The molecule has 2 unspecified atom stereocenters. The standard InChI is InChI=1S/C23H26N4O/c1-23(2,25-22(28)20-17-12-24-13-18(17)20)21-16-10-6-7-11-19(16)27(26-21)14-15-8-4-3-5-9-15/h3-11,17-18,20,24H,12-14H2,1-2H3,(H,25,28)/t17-,18?,20?/m0/s1. The van der Waals surface area contributed by atoms with Gasteiger partial charge in [0.2, 0.25) is 5.91 Å². The van der Waals surface area contributed by atoms with Crippen LogP contribution in [0.1, 0.15) is 25.1 Å². The lowest BCUT2D eigenvalue weighted by Gasteiger charge is -2.25. The second-order valence-electron chi connectivity index (χ2n) is 8.63. The summed E-state index contributed by atoms with van der Waals surface area (Å²) in [5.41, 5.74) is 2.71. The zero-order valence-corrected chi connectivity index (χ0v) is 16.4. The Labute approximate surface area is 165 Å². The molecular weight excluding hydrogens is 348 g/mol. The summed E-state index contributed by atoms with van der Waals surface area (Å²) in [4.78, 5) is 12.9. The highest BCUT2D eigenvalue weighted by Gasteiger charge is 2.57. The van der Waals surface area contributed by atoms with Gasteiger partial charge in [-0.25, -0.2) is 0 Å². The number of fused-ring (bicyclic) bond motifs is 2. The Kier molecular flexibility index (Phi) is 4.02. The van der Waals surface area contributed by atoms with Crippen molar-refractivity contribution < 1.29 is 4.79 Å². The van der Waals surface area contributed by atoms with E-state index in [1.807, 2.05) is 35.0 Å². The number of amides is 1. The van der Waals surface area contributed by atoms with Crippen molar-refractivity contribution >= 4 is 16.8 Å². The molecule has 1 aliphatic carbocycles. The third-order valence-corrected chi connectivity index (χ3v) is 6.26. The quantitative estimate of drug-likeness (QED) is 0.722. The molecule has 1 aliphatic heterocycles. The Bertz CT molecular complexity index is 1010. The average Bonchev–Trinajstić information content (AvgIpc) is 3.01. The molecule has 144 valence electrons. The van der Waals surface area contributed by atoms with Crippen LogP contribution in [-0.2, 0) is 16.9 Å². The van der Waals surface area contributed by atoms with Crippen LogP contribution in [0.25, 0.3) is 10.9 Å². The van der Waals surface area contributed by atoms with E-state index in [0.29, 0.717) is 18.4 Å². The first-order valence-corrected chi connectivity index (χ1v) is 10.1. The topological polar surface area (TPSA) is 59.0 Å². The summed E-state index contributed by atoms with van der Waals surface area (Å²) >= 11 is 0. The fourth-order valence-corrected chi connectivity index (χ4v) is 4.72. The molecule has 1 saturated carbocycles. The Balaban J connectivity index is 1.45. The summed E-state index contributed by atoms with van der Waals surface area (Å²) in [6.45, 7) is 6.77. The van der Waals surface area contributed by atoms with Crippen LogP contribution >= 0.6 is 0 Å². The second-order valence-corrected chi connectivity index (χ2v) is 8.63. The number of piperidine rings is 1. The Morgan fingerprint density at radius 2 is 1.79 bits per heavy atom. The minimum absolute atomic E-state index is 0.165. The van der Waals surface area contributed by atoms with E-state index in [1.165, 1.54) is 5.56 Å². The SMILES string of the molecule is CC(C)(NC(=O)C1C2CNC[C@@H]21)c1nn(Cc2ccccc2)c2ccccc12. The van der Waals surface area contributed by atoms with Crippen LogP contribution < -0.4 is 10.6 Å². The van der Waals surface area contributed by atoms with Crippen molar-refractivity contribution in [1.82, 2.24) is 20.4 Å². The normalized spacial score (nSPS) is 23.6. The van der Waals surface area contributed by atoms with Gasteiger partial charge in [0.1, 0.15) is 0 Å².